The molecular formula is C18H18O4S. The molecule has 0 saturated heterocycles. The van der Waals surface area contributed by atoms with Crippen LogP contribution in [0.3, 0.4) is 0 Å². The van der Waals surface area contributed by atoms with Crippen LogP contribution in [0.1, 0.15) is 17.5 Å². The number of esters is 1. The largest absolute Gasteiger partial charge is 0.459 e. The summed E-state index contributed by atoms with van der Waals surface area (Å²) in [5.41, 5.74) is 1.85. The fourth-order valence-electron chi connectivity index (χ4n) is 1.86. The zero-order valence-corrected chi connectivity index (χ0v) is 13.4. The zero-order chi connectivity index (χ0) is 16.5. The number of benzene rings is 2. The second kappa shape index (κ2) is 9.12. The summed E-state index contributed by atoms with van der Waals surface area (Å²) in [6.45, 7) is 0.0854. The number of aliphatic hydroxyl groups is 1. The van der Waals surface area contributed by atoms with E-state index < -0.39 is 12.1 Å². The molecule has 1 unspecified atom stereocenters. The highest BCUT2D eigenvalue weighted by Crippen LogP contribution is 2.16. The molecule has 2 aromatic rings. The fraction of sp³-hybridized carbons (Fsp3) is 0.222. The van der Waals surface area contributed by atoms with Crippen molar-refractivity contribution in [2.24, 2.45) is 0 Å². The maximum absolute atomic E-state index is 11.8. The normalized spacial score (nSPS) is 11.7. The number of thioether (sulfide) groups is 1. The summed E-state index contributed by atoms with van der Waals surface area (Å²) in [6, 6.07) is 18.7. The van der Waals surface area contributed by atoms with Gasteiger partial charge in [0.25, 0.3) is 0 Å². The maximum Gasteiger partial charge on any atom is 0.335 e. The van der Waals surface area contributed by atoms with Gasteiger partial charge in [-0.15, -0.1) is 0 Å². The fourth-order valence-corrected chi connectivity index (χ4v) is 2.66. The lowest BCUT2D eigenvalue weighted by molar-refractivity contribution is -0.156. The van der Waals surface area contributed by atoms with E-state index in [9.17, 15) is 14.7 Å². The van der Waals surface area contributed by atoms with Crippen molar-refractivity contribution in [1.29, 1.82) is 0 Å². The van der Waals surface area contributed by atoms with Crippen molar-refractivity contribution in [3.8, 4) is 0 Å². The summed E-state index contributed by atoms with van der Waals surface area (Å²) in [5, 5.41) is 9.52. The highest BCUT2D eigenvalue weighted by molar-refractivity contribution is 8.12. The van der Waals surface area contributed by atoms with Crippen LogP contribution >= 0.6 is 11.8 Å². The van der Waals surface area contributed by atoms with E-state index in [4.69, 9.17) is 4.74 Å². The molecule has 23 heavy (non-hydrogen) atoms. The molecule has 0 aliphatic carbocycles. The van der Waals surface area contributed by atoms with Gasteiger partial charge in [0.1, 0.15) is 6.61 Å². The van der Waals surface area contributed by atoms with Crippen molar-refractivity contribution in [2.75, 3.05) is 0 Å². The van der Waals surface area contributed by atoms with Gasteiger partial charge in [-0.3, -0.25) is 4.79 Å². The number of aliphatic hydroxyl groups excluding tert-OH is 1. The minimum Gasteiger partial charge on any atom is -0.459 e. The Kier molecular flexibility index (Phi) is 6.84. The van der Waals surface area contributed by atoms with Gasteiger partial charge in [0.2, 0.25) is 0 Å². The molecule has 0 bridgehead atoms. The number of carbonyl (C=O) groups is 2. The summed E-state index contributed by atoms with van der Waals surface area (Å²) >= 11 is 1.08. The first-order valence-electron chi connectivity index (χ1n) is 7.23. The number of carbonyl (C=O) groups excluding carboxylic acids is 2. The first-order valence-corrected chi connectivity index (χ1v) is 8.22. The lowest BCUT2D eigenvalue weighted by atomic mass is 10.2. The van der Waals surface area contributed by atoms with Crippen molar-refractivity contribution < 1.29 is 19.4 Å². The van der Waals surface area contributed by atoms with Gasteiger partial charge in [-0.05, 0) is 11.1 Å². The third-order valence-corrected chi connectivity index (χ3v) is 4.06. The Labute approximate surface area is 139 Å². The van der Waals surface area contributed by atoms with Gasteiger partial charge in [-0.1, -0.05) is 72.4 Å². The second-order valence-corrected chi connectivity index (χ2v) is 5.99. The summed E-state index contributed by atoms with van der Waals surface area (Å²) in [6.07, 6.45) is -1.67. The average Bonchev–Trinajstić information content (AvgIpc) is 2.59. The minimum absolute atomic E-state index is 0.0854. The molecule has 0 spiro atoms. The molecule has 0 fully saturated rings. The van der Waals surface area contributed by atoms with Crippen LogP contribution in [0, 0.1) is 0 Å². The highest BCUT2D eigenvalue weighted by Gasteiger charge is 2.20. The van der Waals surface area contributed by atoms with Crippen LogP contribution in [0.2, 0.25) is 0 Å². The molecule has 1 atom stereocenters. The van der Waals surface area contributed by atoms with Crippen LogP contribution in [0.4, 0.5) is 0 Å². The van der Waals surface area contributed by atoms with Crippen molar-refractivity contribution in [3.05, 3.63) is 71.8 Å². The van der Waals surface area contributed by atoms with Gasteiger partial charge in [-0.25, -0.2) is 4.79 Å². The predicted molar refractivity (Wildman–Crippen MR) is 89.6 cm³/mol. The van der Waals surface area contributed by atoms with E-state index in [0.717, 1.165) is 22.9 Å². The second-order valence-electron chi connectivity index (χ2n) is 4.96. The van der Waals surface area contributed by atoms with E-state index in [-0.39, 0.29) is 18.1 Å². The molecule has 5 heteroatoms. The first kappa shape index (κ1) is 17.2. The molecule has 0 aliphatic heterocycles. The Morgan fingerprint density at radius 1 is 0.957 bits per heavy atom. The molecule has 0 amide bonds. The van der Waals surface area contributed by atoms with Gasteiger partial charge in [0.05, 0.1) is 6.42 Å². The number of ether oxygens (including phenoxy) is 1. The van der Waals surface area contributed by atoms with E-state index in [1.165, 1.54) is 0 Å². The van der Waals surface area contributed by atoms with Gasteiger partial charge in [-0.2, -0.15) is 0 Å². The van der Waals surface area contributed by atoms with Crippen molar-refractivity contribution in [1.82, 2.24) is 0 Å². The predicted octanol–water partition coefficient (Wildman–Crippen LogP) is 2.94. The molecular weight excluding hydrogens is 312 g/mol. The molecule has 0 radical (unpaired) electrons. The molecule has 2 aromatic carbocycles. The quantitative estimate of drug-likeness (QED) is 0.791. The topological polar surface area (TPSA) is 63.6 Å². The zero-order valence-electron chi connectivity index (χ0n) is 12.6. The summed E-state index contributed by atoms with van der Waals surface area (Å²) in [7, 11) is 0. The third kappa shape index (κ3) is 6.26. The van der Waals surface area contributed by atoms with E-state index in [1.807, 2.05) is 60.7 Å². The SMILES string of the molecule is O=C(CC(O)C(=O)OCc1ccccc1)SCc1ccccc1. The Morgan fingerprint density at radius 2 is 1.52 bits per heavy atom. The van der Waals surface area contributed by atoms with Crippen LogP contribution < -0.4 is 0 Å². The van der Waals surface area contributed by atoms with Crippen molar-refractivity contribution in [2.45, 2.75) is 24.9 Å². The van der Waals surface area contributed by atoms with Crippen LogP contribution in [0.5, 0.6) is 0 Å². The van der Waals surface area contributed by atoms with Crippen LogP contribution in [0.25, 0.3) is 0 Å². The molecule has 2 rings (SSSR count). The lowest BCUT2D eigenvalue weighted by Gasteiger charge is -2.10. The molecule has 120 valence electrons. The Bertz CT molecular complexity index is 628. The summed E-state index contributed by atoms with van der Waals surface area (Å²) in [4.78, 5) is 23.5. The Morgan fingerprint density at radius 3 is 2.13 bits per heavy atom. The number of hydrogen-bond donors (Lipinski definition) is 1. The monoisotopic (exact) mass is 330 g/mol. The number of hydrogen-bond acceptors (Lipinski definition) is 5. The van der Waals surface area contributed by atoms with Gasteiger partial charge >= 0.3 is 5.97 Å². The smallest absolute Gasteiger partial charge is 0.335 e. The standard InChI is InChI=1S/C18H18O4S/c19-16(18(21)22-12-14-7-3-1-4-8-14)11-17(20)23-13-15-9-5-2-6-10-15/h1-10,16,19H,11-13H2. The van der Waals surface area contributed by atoms with E-state index >= 15 is 0 Å². The van der Waals surface area contributed by atoms with Crippen LogP contribution in [-0.2, 0) is 26.7 Å². The van der Waals surface area contributed by atoms with E-state index in [2.05, 4.69) is 0 Å². The molecule has 0 saturated carbocycles. The minimum atomic E-state index is -1.42. The van der Waals surface area contributed by atoms with Gasteiger partial charge < -0.3 is 9.84 Å². The van der Waals surface area contributed by atoms with Gasteiger partial charge in [0.15, 0.2) is 11.2 Å². The first-order chi connectivity index (χ1) is 11.1. The summed E-state index contributed by atoms with van der Waals surface area (Å²) < 4.78 is 5.00. The van der Waals surface area contributed by atoms with E-state index in [0.29, 0.717) is 5.75 Å². The Hall–Kier alpha value is -2.11. The highest BCUT2D eigenvalue weighted by atomic mass is 32.2. The molecule has 0 aliphatic rings. The third-order valence-electron chi connectivity index (χ3n) is 3.10. The molecule has 0 heterocycles. The van der Waals surface area contributed by atoms with E-state index in [1.54, 1.807) is 0 Å². The average molecular weight is 330 g/mol. The Balaban J connectivity index is 1.71. The van der Waals surface area contributed by atoms with Crippen molar-refractivity contribution in [3.63, 3.8) is 0 Å². The van der Waals surface area contributed by atoms with Crippen LogP contribution in [0.15, 0.2) is 60.7 Å². The molecule has 0 aromatic heterocycles. The van der Waals surface area contributed by atoms with Crippen molar-refractivity contribution >= 4 is 22.8 Å². The number of rotatable bonds is 7. The maximum atomic E-state index is 11.8. The molecule has 4 nitrogen and oxygen atoms in total. The molecule has 1 N–H and O–H groups in total. The van der Waals surface area contributed by atoms with Gasteiger partial charge in [0, 0.05) is 5.75 Å². The van der Waals surface area contributed by atoms with Crippen LogP contribution in [-0.4, -0.2) is 22.3 Å². The summed E-state index contributed by atoms with van der Waals surface area (Å²) in [5.74, 6) is -0.256. The lowest BCUT2D eigenvalue weighted by Crippen LogP contribution is -2.25.